The number of aryl methyl sites for hydroxylation is 1. The third-order valence-corrected chi connectivity index (χ3v) is 5.15. The second-order valence-electron chi connectivity index (χ2n) is 7.00. The summed E-state index contributed by atoms with van der Waals surface area (Å²) in [6, 6.07) is 6.60. The van der Waals surface area contributed by atoms with Crippen molar-refractivity contribution in [2.45, 2.75) is 27.2 Å². The molecule has 0 fully saturated rings. The van der Waals surface area contributed by atoms with Crippen LogP contribution < -0.4 is 20.4 Å². The Morgan fingerprint density at radius 1 is 1.10 bits per heavy atom. The van der Waals surface area contributed by atoms with Crippen LogP contribution in [0, 0.1) is 13.8 Å². The summed E-state index contributed by atoms with van der Waals surface area (Å²) < 4.78 is 16.0. The lowest BCUT2D eigenvalue weighted by Crippen LogP contribution is -2.21. The first-order chi connectivity index (χ1) is 14.8. The van der Waals surface area contributed by atoms with Gasteiger partial charge in [-0.25, -0.2) is 4.79 Å². The molecule has 3 rings (SSSR count). The minimum absolute atomic E-state index is 0.172. The van der Waals surface area contributed by atoms with Crippen LogP contribution in [0.1, 0.15) is 40.4 Å². The molecule has 0 aliphatic heterocycles. The van der Waals surface area contributed by atoms with E-state index in [0.29, 0.717) is 22.7 Å². The summed E-state index contributed by atoms with van der Waals surface area (Å²) in [6.45, 7) is 5.58. The average Bonchev–Trinajstić information content (AvgIpc) is 2.74. The van der Waals surface area contributed by atoms with E-state index < -0.39 is 22.8 Å². The van der Waals surface area contributed by atoms with Gasteiger partial charge in [0.25, 0.3) is 5.91 Å². The van der Waals surface area contributed by atoms with Crippen LogP contribution in [-0.4, -0.2) is 25.2 Å². The predicted molar refractivity (Wildman–Crippen MR) is 120 cm³/mol. The van der Waals surface area contributed by atoms with Crippen molar-refractivity contribution in [3.8, 4) is 17.2 Å². The topological polar surface area (TPSA) is 98.0 Å². The third-order valence-electron chi connectivity index (χ3n) is 5.15. The highest BCUT2D eigenvalue weighted by molar-refractivity contribution is 6.09. The zero-order chi connectivity index (χ0) is 22.7. The third kappa shape index (κ3) is 3.99. The molecule has 162 valence electrons. The van der Waals surface area contributed by atoms with Gasteiger partial charge >= 0.3 is 5.63 Å². The fourth-order valence-corrected chi connectivity index (χ4v) is 3.46. The van der Waals surface area contributed by atoms with Gasteiger partial charge in [-0.2, -0.15) is 0 Å². The fraction of sp³-hybridized carbons (Fsp3) is 0.250. The SMILES string of the molecule is CC/C=C/c1c(NC(=O)c2c(O)c3ccc(OC)c(C)c3oc2=O)ccc(OC)c1C. The van der Waals surface area contributed by atoms with Crippen molar-refractivity contribution in [3.05, 3.63) is 63.0 Å². The Morgan fingerprint density at radius 2 is 1.74 bits per heavy atom. The Kier molecular flexibility index (Phi) is 6.34. The Hall–Kier alpha value is -3.74. The monoisotopic (exact) mass is 423 g/mol. The molecule has 0 saturated heterocycles. The van der Waals surface area contributed by atoms with Crippen molar-refractivity contribution in [3.63, 3.8) is 0 Å². The molecule has 0 radical (unpaired) electrons. The molecule has 0 unspecified atom stereocenters. The van der Waals surface area contributed by atoms with E-state index in [4.69, 9.17) is 13.9 Å². The van der Waals surface area contributed by atoms with Crippen molar-refractivity contribution in [2.75, 3.05) is 19.5 Å². The standard InChI is InChI=1S/C24H25NO6/c1-6-7-8-15-13(2)18(29-4)12-10-17(15)25-23(27)20-21(26)16-9-11-19(30-5)14(3)22(16)31-24(20)28/h7-12,26H,6H2,1-5H3,(H,25,27)/b8-7+. The number of carbonyl (C=O) groups is 1. The molecule has 7 heteroatoms. The van der Waals surface area contributed by atoms with Crippen LogP contribution in [0.3, 0.4) is 0 Å². The number of rotatable bonds is 6. The molecule has 0 bridgehead atoms. The summed E-state index contributed by atoms with van der Waals surface area (Å²) >= 11 is 0. The van der Waals surface area contributed by atoms with Crippen LogP contribution >= 0.6 is 0 Å². The lowest BCUT2D eigenvalue weighted by molar-refractivity contribution is 0.102. The quantitative estimate of drug-likeness (QED) is 0.552. The maximum absolute atomic E-state index is 13.0. The summed E-state index contributed by atoms with van der Waals surface area (Å²) in [5, 5.41) is 13.7. The zero-order valence-electron chi connectivity index (χ0n) is 18.2. The van der Waals surface area contributed by atoms with E-state index in [1.165, 1.54) is 7.11 Å². The first-order valence-electron chi connectivity index (χ1n) is 9.82. The Bertz CT molecular complexity index is 1240. The smallest absolute Gasteiger partial charge is 0.353 e. The second kappa shape index (κ2) is 8.95. The van der Waals surface area contributed by atoms with Gasteiger partial charge in [-0.1, -0.05) is 19.1 Å². The molecule has 0 spiro atoms. The molecule has 7 nitrogen and oxygen atoms in total. The second-order valence-corrected chi connectivity index (χ2v) is 7.00. The van der Waals surface area contributed by atoms with E-state index in [9.17, 15) is 14.7 Å². The van der Waals surface area contributed by atoms with Gasteiger partial charge < -0.3 is 24.3 Å². The van der Waals surface area contributed by atoms with Crippen molar-refractivity contribution in [2.24, 2.45) is 0 Å². The van der Waals surface area contributed by atoms with Crippen LogP contribution in [0.2, 0.25) is 0 Å². The number of anilines is 1. The number of benzene rings is 2. The molecule has 2 N–H and O–H groups in total. The number of amides is 1. The zero-order valence-corrected chi connectivity index (χ0v) is 18.2. The Balaban J connectivity index is 2.10. The summed E-state index contributed by atoms with van der Waals surface area (Å²) in [5.41, 5.74) is 1.40. The minimum atomic E-state index is -0.935. The van der Waals surface area contributed by atoms with Gasteiger partial charge in [0.1, 0.15) is 22.8 Å². The number of methoxy groups -OCH3 is 2. The minimum Gasteiger partial charge on any atom is -0.506 e. The van der Waals surface area contributed by atoms with Crippen molar-refractivity contribution in [1.82, 2.24) is 0 Å². The molecular weight excluding hydrogens is 398 g/mol. The van der Waals surface area contributed by atoms with Gasteiger partial charge in [0.05, 0.1) is 19.6 Å². The lowest BCUT2D eigenvalue weighted by atomic mass is 10.0. The van der Waals surface area contributed by atoms with E-state index in [1.54, 1.807) is 38.3 Å². The van der Waals surface area contributed by atoms with Crippen LogP contribution in [0.4, 0.5) is 5.69 Å². The number of fused-ring (bicyclic) bond motifs is 1. The van der Waals surface area contributed by atoms with E-state index in [-0.39, 0.29) is 11.0 Å². The number of ether oxygens (including phenoxy) is 2. The number of allylic oxidation sites excluding steroid dienone is 1. The number of hydrogen-bond acceptors (Lipinski definition) is 6. The highest BCUT2D eigenvalue weighted by Crippen LogP contribution is 2.34. The fourth-order valence-electron chi connectivity index (χ4n) is 3.46. The normalized spacial score (nSPS) is 11.1. The maximum atomic E-state index is 13.0. The molecule has 0 aliphatic rings. The Labute approximate surface area is 179 Å². The summed E-state index contributed by atoms with van der Waals surface area (Å²) in [4.78, 5) is 25.6. The van der Waals surface area contributed by atoms with Crippen LogP contribution in [0.25, 0.3) is 17.0 Å². The van der Waals surface area contributed by atoms with Gasteiger partial charge in [0, 0.05) is 22.4 Å². The van der Waals surface area contributed by atoms with Crippen molar-refractivity contribution < 1.29 is 23.8 Å². The molecule has 31 heavy (non-hydrogen) atoms. The predicted octanol–water partition coefficient (Wildman–Crippen LogP) is 4.81. The van der Waals surface area contributed by atoms with Gasteiger partial charge in [-0.3, -0.25) is 4.79 Å². The maximum Gasteiger partial charge on any atom is 0.353 e. The molecular formula is C24H25NO6. The van der Waals surface area contributed by atoms with Gasteiger partial charge in [-0.05, 0) is 44.5 Å². The molecule has 3 aromatic rings. The van der Waals surface area contributed by atoms with Crippen LogP contribution in [0.15, 0.2) is 39.6 Å². The number of nitrogens with one attached hydrogen (secondary N) is 1. The summed E-state index contributed by atoms with van der Waals surface area (Å²) in [6.07, 6.45) is 4.64. The van der Waals surface area contributed by atoms with E-state index in [0.717, 1.165) is 17.5 Å². The first kappa shape index (κ1) is 22.0. The number of aromatic hydroxyl groups is 1. The molecule has 0 aliphatic carbocycles. The van der Waals surface area contributed by atoms with Gasteiger partial charge in [0.15, 0.2) is 5.56 Å². The Morgan fingerprint density at radius 3 is 2.39 bits per heavy atom. The van der Waals surface area contributed by atoms with Gasteiger partial charge in [-0.15, -0.1) is 0 Å². The number of hydrogen-bond donors (Lipinski definition) is 2. The van der Waals surface area contributed by atoms with E-state index in [1.807, 2.05) is 26.0 Å². The number of carbonyl (C=O) groups excluding carboxylic acids is 1. The average molecular weight is 423 g/mol. The van der Waals surface area contributed by atoms with Crippen molar-refractivity contribution in [1.29, 1.82) is 0 Å². The molecule has 0 saturated carbocycles. The van der Waals surface area contributed by atoms with E-state index >= 15 is 0 Å². The first-order valence-corrected chi connectivity index (χ1v) is 9.82. The largest absolute Gasteiger partial charge is 0.506 e. The molecule has 1 heterocycles. The lowest BCUT2D eigenvalue weighted by Gasteiger charge is -2.15. The highest BCUT2D eigenvalue weighted by atomic mass is 16.5. The van der Waals surface area contributed by atoms with E-state index in [2.05, 4.69) is 5.32 Å². The molecule has 1 aromatic heterocycles. The molecule has 2 aromatic carbocycles. The summed E-state index contributed by atoms with van der Waals surface area (Å²) in [7, 11) is 3.07. The van der Waals surface area contributed by atoms with Gasteiger partial charge in [0.2, 0.25) is 0 Å². The van der Waals surface area contributed by atoms with Crippen molar-refractivity contribution >= 4 is 28.6 Å². The molecule has 1 amide bonds. The highest BCUT2D eigenvalue weighted by Gasteiger charge is 2.23. The molecule has 0 atom stereocenters. The van der Waals surface area contributed by atoms with Crippen LogP contribution in [0.5, 0.6) is 17.2 Å². The summed E-state index contributed by atoms with van der Waals surface area (Å²) in [5.74, 6) is -0.0257. The van der Waals surface area contributed by atoms with Crippen LogP contribution in [-0.2, 0) is 0 Å².